The Morgan fingerprint density at radius 3 is 2.20 bits per heavy atom. The molecule has 0 unspecified atom stereocenters. The van der Waals surface area contributed by atoms with Crippen molar-refractivity contribution < 1.29 is 0 Å². The molecule has 0 atom stereocenters. The number of hydrogen-bond acceptors (Lipinski definition) is 1. The van der Waals surface area contributed by atoms with E-state index in [1.165, 1.54) is 5.56 Å². The average Bonchev–Trinajstić information content (AvgIpc) is 2.19. The van der Waals surface area contributed by atoms with Crippen molar-refractivity contribution in [3.8, 4) is 0 Å². The first-order chi connectivity index (χ1) is 7.02. The number of rotatable bonds is 4. The van der Waals surface area contributed by atoms with E-state index in [1.807, 2.05) is 0 Å². The van der Waals surface area contributed by atoms with Gasteiger partial charge in [0.25, 0.3) is 0 Å². The van der Waals surface area contributed by atoms with Crippen LogP contribution >= 0.6 is 0 Å². The number of nitrogens with zero attached hydrogens (tertiary/aromatic N) is 1. The summed E-state index contributed by atoms with van der Waals surface area (Å²) in [5.74, 6) is 0. The lowest BCUT2D eigenvalue weighted by molar-refractivity contribution is 0.474. The van der Waals surface area contributed by atoms with Crippen LogP contribution in [0.4, 0.5) is 0 Å². The largest absolute Gasteiger partial charge is 0.321 e. The molecule has 0 aromatic heterocycles. The molecule has 0 heterocycles. The van der Waals surface area contributed by atoms with Crippen LogP contribution in [-0.2, 0) is 0 Å². The monoisotopic (exact) mass is 221 g/mol. The zero-order valence-electron chi connectivity index (χ0n) is 10.7. The summed E-state index contributed by atoms with van der Waals surface area (Å²) >= 11 is 0. The van der Waals surface area contributed by atoms with E-state index in [4.69, 9.17) is 0 Å². The van der Waals surface area contributed by atoms with E-state index in [1.54, 1.807) is 5.19 Å². The van der Waals surface area contributed by atoms with Gasteiger partial charge in [-0.15, -0.1) is 0 Å². The van der Waals surface area contributed by atoms with Gasteiger partial charge >= 0.3 is 0 Å². The van der Waals surface area contributed by atoms with Crippen molar-refractivity contribution >= 4 is 13.4 Å². The summed E-state index contributed by atoms with van der Waals surface area (Å²) in [6, 6.07) is 9.00. The number of hydrogen-bond donors (Lipinski definition) is 0. The standard InChI is InChI=1S/C13H23NSi/c1-6-14(7-2)15(4,5)13-10-8-9-12(3)11-13/h8-11H,6-7H2,1-5H3. The van der Waals surface area contributed by atoms with E-state index in [0.717, 1.165) is 13.1 Å². The number of aryl methyl sites for hydroxylation is 1. The summed E-state index contributed by atoms with van der Waals surface area (Å²) in [5.41, 5.74) is 1.38. The van der Waals surface area contributed by atoms with Gasteiger partial charge in [-0.3, -0.25) is 0 Å². The third-order valence-electron chi connectivity index (χ3n) is 3.28. The Morgan fingerprint density at radius 2 is 1.73 bits per heavy atom. The fourth-order valence-electron chi connectivity index (χ4n) is 2.22. The molecule has 1 aromatic carbocycles. The molecule has 0 N–H and O–H groups in total. The van der Waals surface area contributed by atoms with Crippen molar-refractivity contribution in [2.24, 2.45) is 0 Å². The summed E-state index contributed by atoms with van der Waals surface area (Å²) in [7, 11) is -1.41. The summed E-state index contributed by atoms with van der Waals surface area (Å²) in [4.78, 5) is 0. The zero-order valence-corrected chi connectivity index (χ0v) is 11.7. The van der Waals surface area contributed by atoms with Gasteiger partial charge in [-0.2, -0.15) is 0 Å². The fourth-order valence-corrected chi connectivity index (χ4v) is 5.25. The van der Waals surface area contributed by atoms with Gasteiger partial charge in [-0.1, -0.05) is 56.8 Å². The van der Waals surface area contributed by atoms with Crippen LogP contribution < -0.4 is 5.19 Å². The number of benzene rings is 1. The smallest absolute Gasteiger partial charge is 0.154 e. The van der Waals surface area contributed by atoms with E-state index >= 15 is 0 Å². The fraction of sp³-hybridized carbons (Fsp3) is 0.538. The summed E-state index contributed by atoms with van der Waals surface area (Å²) in [6.45, 7) is 13.9. The molecule has 0 aliphatic rings. The molecular formula is C13H23NSi. The lowest BCUT2D eigenvalue weighted by Gasteiger charge is -2.35. The van der Waals surface area contributed by atoms with Crippen LogP contribution in [0.15, 0.2) is 24.3 Å². The second kappa shape index (κ2) is 4.95. The first-order valence-electron chi connectivity index (χ1n) is 5.84. The Hall–Kier alpha value is -0.603. The first kappa shape index (κ1) is 12.5. The third kappa shape index (κ3) is 2.70. The Labute approximate surface area is 95.2 Å². The van der Waals surface area contributed by atoms with Gasteiger partial charge in [-0.25, -0.2) is 0 Å². The van der Waals surface area contributed by atoms with Crippen LogP contribution in [0.1, 0.15) is 19.4 Å². The molecule has 0 radical (unpaired) electrons. The minimum atomic E-state index is -1.41. The summed E-state index contributed by atoms with van der Waals surface area (Å²) < 4.78 is 2.63. The molecule has 15 heavy (non-hydrogen) atoms. The van der Waals surface area contributed by atoms with Gasteiger partial charge < -0.3 is 4.57 Å². The highest BCUT2D eigenvalue weighted by Crippen LogP contribution is 2.10. The third-order valence-corrected chi connectivity index (χ3v) is 7.22. The van der Waals surface area contributed by atoms with E-state index in [2.05, 4.69) is 62.7 Å². The van der Waals surface area contributed by atoms with Crippen molar-refractivity contribution in [3.63, 3.8) is 0 Å². The van der Waals surface area contributed by atoms with Crippen LogP contribution in [0, 0.1) is 6.92 Å². The van der Waals surface area contributed by atoms with Gasteiger partial charge in [0.15, 0.2) is 8.24 Å². The molecule has 1 nitrogen and oxygen atoms in total. The molecule has 84 valence electrons. The quantitative estimate of drug-likeness (QED) is 0.707. The van der Waals surface area contributed by atoms with E-state index in [9.17, 15) is 0 Å². The van der Waals surface area contributed by atoms with E-state index in [0.29, 0.717) is 0 Å². The van der Waals surface area contributed by atoms with Gasteiger partial charge in [0.2, 0.25) is 0 Å². The van der Waals surface area contributed by atoms with Gasteiger partial charge in [0.05, 0.1) is 0 Å². The Bertz CT molecular complexity index is 316. The van der Waals surface area contributed by atoms with Crippen molar-refractivity contribution in [1.29, 1.82) is 0 Å². The molecule has 0 aliphatic carbocycles. The Balaban J connectivity index is 3.03. The second-order valence-corrected chi connectivity index (χ2v) is 8.93. The van der Waals surface area contributed by atoms with Crippen LogP contribution in [-0.4, -0.2) is 25.9 Å². The van der Waals surface area contributed by atoms with Gasteiger partial charge in [-0.05, 0) is 25.2 Å². The molecular weight excluding hydrogens is 198 g/mol. The molecule has 1 rings (SSSR count). The molecule has 0 saturated carbocycles. The van der Waals surface area contributed by atoms with E-state index in [-0.39, 0.29) is 0 Å². The van der Waals surface area contributed by atoms with Crippen LogP contribution in [0.2, 0.25) is 13.1 Å². The first-order valence-corrected chi connectivity index (χ1v) is 8.79. The van der Waals surface area contributed by atoms with Crippen LogP contribution in [0.25, 0.3) is 0 Å². The van der Waals surface area contributed by atoms with Gasteiger partial charge in [0.1, 0.15) is 0 Å². The van der Waals surface area contributed by atoms with Crippen molar-refractivity contribution in [2.45, 2.75) is 33.9 Å². The maximum absolute atomic E-state index is 2.63. The summed E-state index contributed by atoms with van der Waals surface area (Å²) in [6.07, 6.45) is 0. The lowest BCUT2D eigenvalue weighted by atomic mass is 10.2. The average molecular weight is 221 g/mol. The Morgan fingerprint density at radius 1 is 1.13 bits per heavy atom. The maximum atomic E-state index is 2.63. The van der Waals surface area contributed by atoms with Crippen molar-refractivity contribution in [3.05, 3.63) is 29.8 Å². The topological polar surface area (TPSA) is 3.24 Å². The van der Waals surface area contributed by atoms with Gasteiger partial charge in [0, 0.05) is 0 Å². The normalized spacial score (nSPS) is 12.1. The zero-order chi connectivity index (χ0) is 11.5. The van der Waals surface area contributed by atoms with Crippen LogP contribution in [0.3, 0.4) is 0 Å². The second-order valence-electron chi connectivity index (χ2n) is 4.60. The SMILES string of the molecule is CCN(CC)[Si](C)(C)c1cccc(C)c1. The maximum Gasteiger partial charge on any atom is 0.154 e. The molecule has 1 aromatic rings. The van der Waals surface area contributed by atoms with Crippen LogP contribution in [0.5, 0.6) is 0 Å². The highest BCUT2D eigenvalue weighted by atomic mass is 28.3. The molecule has 0 spiro atoms. The lowest BCUT2D eigenvalue weighted by Crippen LogP contribution is -2.57. The molecule has 0 fully saturated rings. The molecule has 0 amide bonds. The predicted molar refractivity (Wildman–Crippen MR) is 71.2 cm³/mol. The Kier molecular flexibility index (Phi) is 4.11. The summed E-state index contributed by atoms with van der Waals surface area (Å²) in [5, 5.41) is 1.55. The minimum Gasteiger partial charge on any atom is -0.321 e. The van der Waals surface area contributed by atoms with Crippen molar-refractivity contribution in [2.75, 3.05) is 13.1 Å². The predicted octanol–water partition coefficient (Wildman–Crippen LogP) is 2.75. The highest BCUT2D eigenvalue weighted by molar-refractivity contribution is 6.87. The molecule has 2 heteroatoms. The molecule has 0 aliphatic heterocycles. The minimum absolute atomic E-state index is 1.16. The molecule has 0 saturated heterocycles. The van der Waals surface area contributed by atoms with E-state index < -0.39 is 8.24 Å². The van der Waals surface area contributed by atoms with Crippen molar-refractivity contribution in [1.82, 2.24) is 4.57 Å². The highest BCUT2D eigenvalue weighted by Gasteiger charge is 2.29. The molecule has 0 bridgehead atoms.